The van der Waals surface area contributed by atoms with E-state index in [1.165, 1.54) is 6.33 Å². The van der Waals surface area contributed by atoms with Gasteiger partial charge in [0.25, 0.3) is 0 Å². The number of ether oxygens (including phenoxy) is 3. The number of anilines is 1. The third-order valence-corrected chi connectivity index (χ3v) is 3.47. The van der Waals surface area contributed by atoms with Crippen molar-refractivity contribution in [2.24, 2.45) is 0 Å². The second-order valence-corrected chi connectivity index (χ2v) is 5.24. The Morgan fingerprint density at radius 3 is 2.19 bits per heavy atom. The fourth-order valence-electron chi connectivity index (χ4n) is 2.40. The molecular weight excluding hydrogens is 358 g/mol. The normalized spacial score (nSPS) is 10.7. The summed E-state index contributed by atoms with van der Waals surface area (Å²) < 4.78 is 20.4. The molecule has 0 saturated heterocycles. The first-order chi connectivity index (χ1) is 12.9. The van der Waals surface area contributed by atoms with Gasteiger partial charge in [-0.1, -0.05) is 0 Å². The number of nitrogens with zero attached hydrogens (tertiary/aromatic N) is 2. The lowest BCUT2D eigenvalue weighted by Gasteiger charge is -2.16. The predicted molar refractivity (Wildman–Crippen MR) is 93.2 cm³/mol. The highest BCUT2D eigenvalue weighted by Gasteiger charge is 2.32. The van der Waals surface area contributed by atoms with Crippen LogP contribution in [0.5, 0.6) is 0 Å². The van der Waals surface area contributed by atoms with E-state index in [0.29, 0.717) is 0 Å². The molecule has 0 saturated carbocycles. The molecule has 2 rings (SSSR count). The van der Waals surface area contributed by atoms with E-state index >= 15 is 0 Å². The highest BCUT2D eigenvalue weighted by molar-refractivity contribution is 6.09. The average Bonchev–Trinajstić information content (AvgIpc) is 2.96. The first kappa shape index (κ1) is 20.1. The molecule has 0 unspecified atom stereocenters. The maximum absolute atomic E-state index is 12.3. The van der Waals surface area contributed by atoms with Crippen molar-refractivity contribution in [3.05, 3.63) is 17.7 Å². The highest BCUT2D eigenvalue weighted by Crippen LogP contribution is 2.30. The Balaban J connectivity index is 2.51. The zero-order valence-corrected chi connectivity index (χ0v) is 15.5. The number of carbonyl (C=O) groups excluding carboxylic acids is 3. The third-order valence-electron chi connectivity index (χ3n) is 3.47. The fourth-order valence-corrected chi connectivity index (χ4v) is 2.40. The van der Waals surface area contributed by atoms with Crippen molar-refractivity contribution in [1.29, 1.82) is 0 Å². The molecule has 0 radical (unpaired) electrons. The van der Waals surface area contributed by atoms with E-state index in [4.69, 9.17) is 18.6 Å². The van der Waals surface area contributed by atoms with Crippen LogP contribution in [0.4, 0.5) is 5.82 Å². The number of carbonyl (C=O) groups is 3. The summed E-state index contributed by atoms with van der Waals surface area (Å²) >= 11 is 0. The quantitative estimate of drug-likeness (QED) is 0.410. The molecular formula is C17H21N3O7. The predicted octanol–water partition coefficient (Wildman–Crippen LogP) is 1.61. The second kappa shape index (κ2) is 8.97. The number of nitrogens with one attached hydrogen (secondary N) is 1. The number of hydrogen-bond acceptors (Lipinski definition) is 10. The van der Waals surface area contributed by atoms with E-state index in [2.05, 4.69) is 15.3 Å². The SMILES string of the molecule is CCOC(=O)c1c(C)oc2ncnc(NC(C(=O)OCC)C(=O)OCC)c12. The summed E-state index contributed by atoms with van der Waals surface area (Å²) in [5, 5.41) is 2.87. The van der Waals surface area contributed by atoms with Crippen molar-refractivity contribution in [3.63, 3.8) is 0 Å². The van der Waals surface area contributed by atoms with Gasteiger partial charge >= 0.3 is 17.9 Å². The topological polar surface area (TPSA) is 130 Å². The van der Waals surface area contributed by atoms with Crippen LogP contribution in [0.15, 0.2) is 10.7 Å². The lowest BCUT2D eigenvalue weighted by atomic mass is 10.1. The Morgan fingerprint density at radius 2 is 1.63 bits per heavy atom. The summed E-state index contributed by atoms with van der Waals surface area (Å²) in [4.78, 5) is 44.7. The van der Waals surface area contributed by atoms with Crippen LogP contribution in [0.2, 0.25) is 0 Å². The first-order valence-corrected chi connectivity index (χ1v) is 8.45. The Morgan fingerprint density at radius 1 is 1.04 bits per heavy atom. The van der Waals surface area contributed by atoms with Crippen molar-refractivity contribution in [1.82, 2.24) is 9.97 Å². The molecule has 0 aromatic carbocycles. The van der Waals surface area contributed by atoms with Gasteiger partial charge in [0.1, 0.15) is 23.5 Å². The van der Waals surface area contributed by atoms with E-state index in [-0.39, 0.29) is 48.1 Å². The molecule has 0 spiro atoms. The van der Waals surface area contributed by atoms with Crippen LogP contribution in [-0.4, -0.2) is 53.7 Å². The van der Waals surface area contributed by atoms with Gasteiger partial charge in [-0.2, -0.15) is 0 Å². The molecule has 0 atom stereocenters. The van der Waals surface area contributed by atoms with Gasteiger partial charge in [0, 0.05) is 0 Å². The summed E-state index contributed by atoms with van der Waals surface area (Å²) in [5.74, 6) is -1.97. The van der Waals surface area contributed by atoms with E-state index in [1.54, 1.807) is 27.7 Å². The van der Waals surface area contributed by atoms with Crippen LogP contribution in [0.25, 0.3) is 11.1 Å². The van der Waals surface area contributed by atoms with Crippen LogP contribution in [-0.2, 0) is 23.8 Å². The number of hydrogen-bond donors (Lipinski definition) is 1. The molecule has 0 aliphatic carbocycles. The zero-order chi connectivity index (χ0) is 20.0. The van der Waals surface area contributed by atoms with Gasteiger partial charge in [-0.3, -0.25) is 0 Å². The van der Waals surface area contributed by atoms with Gasteiger partial charge in [0.05, 0.1) is 25.2 Å². The molecule has 27 heavy (non-hydrogen) atoms. The van der Waals surface area contributed by atoms with Gasteiger partial charge in [-0.25, -0.2) is 24.4 Å². The van der Waals surface area contributed by atoms with Crippen LogP contribution < -0.4 is 5.32 Å². The van der Waals surface area contributed by atoms with Gasteiger partial charge in [0.15, 0.2) is 0 Å². The molecule has 10 heteroatoms. The molecule has 0 bridgehead atoms. The average molecular weight is 379 g/mol. The molecule has 1 N–H and O–H groups in total. The Labute approximate surface area is 155 Å². The standard InChI is InChI=1S/C17H21N3O7/c1-5-24-15(21)10-9(4)27-14-11(10)13(18-8-19-14)20-12(16(22)25-6-2)17(23)26-7-3/h8,12H,5-7H2,1-4H3,(H,18,19,20). The van der Waals surface area contributed by atoms with E-state index in [0.717, 1.165) is 0 Å². The van der Waals surface area contributed by atoms with E-state index < -0.39 is 23.9 Å². The van der Waals surface area contributed by atoms with Crippen LogP contribution in [0.3, 0.4) is 0 Å². The van der Waals surface area contributed by atoms with Gasteiger partial charge < -0.3 is 23.9 Å². The van der Waals surface area contributed by atoms with Crippen molar-refractivity contribution >= 4 is 34.8 Å². The van der Waals surface area contributed by atoms with E-state index in [1.807, 2.05) is 0 Å². The summed E-state index contributed by atoms with van der Waals surface area (Å²) in [6.07, 6.45) is 1.18. The van der Waals surface area contributed by atoms with Gasteiger partial charge in [-0.05, 0) is 27.7 Å². The second-order valence-electron chi connectivity index (χ2n) is 5.24. The first-order valence-electron chi connectivity index (χ1n) is 8.45. The third kappa shape index (κ3) is 4.33. The van der Waals surface area contributed by atoms with Gasteiger partial charge in [-0.15, -0.1) is 0 Å². The summed E-state index contributed by atoms with van der Waals surface area (Å²) in [5.41, 5.74) is 0.223. The largest absolute Gasteiger partial charge is 0.464 e. The van der Waals surface area contributed by atoms with Crippen molar-refractivity contribution in [2.75, 3.05) is 25.1 Å². The van der Waals surface area contributed by atoms with E-state index in [9.17, 15) is 14.4 Å². The number of aryl methyl sites for hydroxylation is 1. The maximum Gasteiger partial charge on any atom is 0.342 e. The molecule has 2 heterocycles. The van der Waals surface area contributed by atoms with Crippen molar-refractivity contribution < 1.29 is 33.0 Å². The highest BCUT2D eigenvalue weighted by atomic mass is 16.6. The fraction of sp³-hybridized carbons (Fsp3) is 0.471. The summed E-state index contributed by atoms with van der Waals surface area (Å²) in [7, 11) is 0. The summed E-state index contributed by atoms with van der Waals surface area (Å²) in [6, 6.07) is -1.46. The minimum absolute atomic E-state index is 0.0472. The molecule has 0 aliphatic heterocycles. The number of furan rings is 1. The smallest absolute Gasteiger partial charge is 0.342 e. The monoisotopic (exact) mass is 379 g/mol. The molecule has 146 valence electrons. The van der Waals surface area contributed by atoms with Crippen molar-refractivity contribution in [2.45, 2.75) is 33.7 Å². The number of rotatable bonds is 8. The maximum atomic E-state index is 12.3. The van der Waals surface area contributed by atoms with Crippen LogP contribution >= 0.6 is 0 Å². The van der Waals surface area contributed by atoms with Crippen molar-refractivity contribution in [3.8, 4) is 0 Å². The molecule has 0 amide bonds. The van der Waals surface area contributed by atoms with Crippen LogP contribution in [0, 0.1) is 6.92 Å². The number of fused-ring (bicyclic) bond motifs is 1. The van der Waals surface area contributed by atoms with Crippen LogP contribution in [0.1, 0.15) is 36.9 Å². The lowest BCUT2D eigenvalue weighted by Crippen LogP contribution is -2.40. The number of esters is 3. The summed E-state index contributed by atoms with van der Waals surface area (Å²) in [6.45, 7) is 6.79. The Hall–Kier alpha value is -3.17. The molecule has 0 aliphatic rings. The number of aromatic nitrogens is 2. The molecule has 10 nitrogen and oxygen atoms in total. The minimum Gasteiger partial charge on any atom is -0.464 e. The Kier molecular flexibility index (Phi) is 6.69. The zero-order valence-electron chi connectivity index (χ0n) is 15.5. The molecule has 0 fully saturated rings. The van der Waals surface area contributed by atoms with Gasteiger partial charge in [0.2, 0.25) is 11.8 Å². The lowest BCUT2D eigenvalue weighted by molar-refractivity contribution is -0.155. The molecule has 2 aromatic heterocycles. The Bertz CT molecular complexity index is 828. The minimum atomic E-state index is -1.46. The molecule has 2 aromatic rings.